The van der Waals surface area contributed by atoms with Gasteiger partial charge in [0, 0.05) is 25.6 Å². The summed E-state index contributed by atoms with van der Waals surface area (Å²) in [5.41, 5.74) is 5.65. The second-order valence-corrected chi connectivity index (χ2v) is 4.29. The molecular weight excluding hydrogens is 237 g/mol. The van der Waals surface area contributed by atoms with E-state index < -0.39 is 30.7 Å². The van der Waals surface area contributed by atoms with Crippen LogP contribution in [0.4, 0.5) is 18.0 Å². The van der Waals surface area contributed by atoms with Crippen LogP contribution in [0.15, 0.2) is 0 Å². The van der Waals surface area contributed by atoms with Gasteiger partial charge >= 0.3 is 12.3 Å². The Hall–Kier alpha value is -0.980. The number of nitrogens with two attached hydrogens (primary N) is 1. The highest BCUT2D eigenvalue weighted by Crippen LogP contribution is 2.30. The Balaban J connectivity index is 2.56. The lowest BCUT2D eigenvalue weighted by atomic mass is 9.92. The molecule has 2 N–H and O–H groups in total. The van der Waals surface area contributed by atoms with Gasteiger partial charge in [0.25, 0.3) is 0 Å². The smallest absolute Gasteiger partial charge is 0.409 e. The monoisotopic (exact) mass is 254 g/mol. The van der Waals surface area contributed by atoms with Gasteiger partial charge in [-0.3, -0.25) is 0 Å². The lowest BCUT2D eigenvalue weighted by Gasteiger charge is -2.35. The summed E-state index contributed by atoms with van der Waals surface area (Å²) in [7, 11) is 0. The molecule has 7 heteroatoms. The second-order valence-electron chi connectivity index (χ2n) is 4.29. The Morgan fingerprint density at radius 2 is 2.12 bits per heavy atom. The standard InChI is InChI=1S/C10H17F3N2O2/c1-2-17-9(16)15-5-7(3-8(14)6-15)4-10(11,12)13/h7-8H,2-6,14H2,1H3. The molecule has 0 aromatic heterocycles. The molecule has 1 fully saturated rings. The zero-order chi connectivity index (χ0) is 13.1. The number of rotatable bonds is 2. The molecule has 1 heterocycles. The van der Waals surface area contributed by atoms with Crippen LogP contribution in [-0.2, 0) is 4.74 Å². The third kappa shape index (κ3) is 4.80. The van der Waals surface area contributed by atoms with Gasteiger partial charge in [0.15, 0.2) is 0 Å². The predicted molar refractivity (Wildman–Crippen MR) is 55.3 cm³/mol. The van der Waals surface area contributed by atoms with E-state index in [4.69, 9.17) is 10.5 Å². The average molecular weight is 254 g/mol. The number of hydrogen-bond acceptors (Lipinski definition) is 3. The van der Waals surface area contributed by atoms with E-state index >= 15 is 0 Å². The zero-order valence-electron chi connectivity index (χ0n) is 9.67. The van der Waals surface area contributed by atoms with E-state index in [2.05, 4.69) is 0 Å². The summed E-state index contributed by atoms with van der Waals surface area (Å²) < 4.78 is 41.6. The van der Waals surface area contributed by atoms with Gasteiger partial charge in [0.2, 0.25) is 0 Å². The van der Waals surface area contributed by atoms with Gasteiger partial charge in [-0.05, 0) is 19.3 Å². The molecule has 100 valence electrons. The number of alkyl halides is 3. The van der Waals surface area contributed by atoms with E-state index in [1.54, 1.807) is 6.92 Å². The first-order chi connectivity index (χ1) is 7.81. The molecule has 0 saturated carbocycles. The normalized spacial score (nSPS) is 25.8. The van der Waals surface area contributed by atoms with Crippen LogP contribution in [0, 0.1) is 5.92 Å². The van der Waals surface area contributed by atoms with Crippen molar-refractivity contribution in [3.63, 3.8) is 0 Å². The Labute approximate surface area is 97.9 Å². The minimum absolute atomic E-state index is 0.0616. The Kier molecular flexibility index (Phi) is 4.62. The summed E-state index contributed by atoms with van der Waals surface area (Å²) in [5, 5.41) is 0. The van der Waals surface area contributed by atoms with Gasteiger partial charge in [-0.1, -0.05) is 0 Å². The van der Waals surface area contributed by atoms with Crippen molar-refractivity contribution in [1.82, 2.24) is 4.90 Å². The highest BCUT2D eigenvalue weighted by molar-refractivity contribution is 5.67. The summed E-state index contributed by atoms with van der Waals surface area (Å²) in [6.45, 7) is 2.17. The lowest BCUT2D eigenvalue weighted by Crippen LogP contribution is -2.50. The molecule has 1 aliphatic heterocycles. The van der Waals surface area contributed by atoms with Crippen LogP contribution in [-0.4, -0.2) is 42.9 Å². The maximum Gasteiger partial charge on any atom is 0.409 e. The van der Waals surface area contributed by atoms with Gasteiger partial charge < -0.3 is 15.4 Å². The third-order valence-corrected chi connectivity index (χ3v) is 2.62. The lowest BCUT2D eigenvalue weighted by molar-refractivity contribution is -0.148. The molecule has 0 spiro atoms. The molecule has 1 amide bonds. The summed E-state index contributed by atoms with van der Waals surface area (Å²) in [6, 6.07) is -0.416. The summed E-state index contributed by atoms with van der Waals surface area (Å²) >= 11 is 0. The molecule has 2 unspecified atom stereocenters. The van der Waals surface area contributed by atoms with E-state index in [-0.39, 0.29) is 26.1 Å². The number of amides is 1. The fourth-order valence-corrected chi connectivity index (χ4v) is 2.09. The number of ether oxygens (including phenoxy) is 1. The summed E-state index contributed by atoms with van der Waals surface area (Å²) in [6.07, 6.45) is -5.43. The van der Waals surface area contributed by atoms with E-state index in [1.165, 1.54) is 4.90 Å². The van der Waals surface area contributed by atoms with Crippen LogP contribution < -0.4 is 5.73 Å². The van der Waals surface area contributed by atoms with Gasteiger partial charge in [-0.25, -0.2) is 4.79 Å². The van der Waals surface area contributed by atoms with Crippen molar-refractivity contribution in [2.75, 3.05) is 19.7 Å². The molecule has 0 radical (unpaired) electrons. The first-order valence-corrected chi connectivity index (χ1v) is 5.56. The van der Waals surface area contributed by atoms with E-state index in [1.807, 2.05) is 0 Å². The predicted octanol–water partition coefficient (Wildman–Crippen LogP) is 1.74. The highest BCUT2D eigenvalue weighted by Gasteiger charge is 2.37. The number of likely N-dealkylation sites (tertiary alicyclic amines) is 1. The zero-order valence-corrected chi connectivity index (χ0v) is 9.67. The van der Waals surface area contributed by atoms with Crippen molar-refractivity contribution in [3.8, 4) is 0 Å². The van der Waals surface area contributed by atoms with Crippen LogP contribution in [0.3, 0.4) is 0 Å². The van der Waals surface area contributed by atoms with Crippen molar-refractivity contribution in [2.24, 2.45) is 11.7 Å². The maximum absolute atomic E-state index is 12.3. The van der Waals surface area contributed by atoms with Crippen LogP contribution in [0.5, 0.6) is 0 Å². The molecule has 1 rings (SSSR count). The molecule has 0 aromatic rings. The van der Waals surface area contributed by atoms with Crippen molar-refractivity contribution >= 4 is 6.09 Å². The molecular formula is C10H17F3N2O2. The number of piperidine rings is 1. The van der Waals surface area contributed by atoms with Crippen molar-refractivity contribution in [2.45, 2.75) is 32.0 Å². The first-order valence-electron chi connectivity index (χ1n) is 5.56. The SMILES string of the molecule is CCOC(=O)N1CC(N)CC(CC(F)(F)F)C1. The molecule has 2 atom stereocenters. The molecule has 17 heavy (non-hydrogen) atoms. The maximum atomic E-state index is 12.3. The van der Waals surface area contributed by atoms with E-state index in [0.717, 1.165) is 0 Å². The van der Waals surface area contributed by atoms with Crippen LogP contribution >= 0.6 is 0 Å². The fourth-order valence-electron chi connectivity index (χ4n) is 2.09. The number of hydrogen-bond donors (Lipinski definition) is 1. The molecule has 1 aliphatic rings. The Bertz CT molecular complexity index is 271. The fraction of sp³-hybridized carbons (Fsp3) is 0.900. The largest absolute Gasteiger partial charge is 0.450 e. The van der Waals surface area contributed by atoms with Crippen molar-refractivity contribution in [3.05, 3.63) is 0 Å². The van der Waals surface area contributed by atoms with Crippen LogP contribution in [0.25, 0.3) is 0 Å². The first kappa shape index (κ1) is 14.1. The number of carbonyl (C=O) groups excluding carboxylic acids is 1. The summed E-state index contributed by atoms with van der Waals surface area (Å²) in [4.78, 5) is 12.7. The number of halogens is 3. The van der Waals surface area contributed by atoms with Gasteiger partial charge in [0.05, 0.1) is 6.61 Å². The van der Waals surface area contributed by atoms with Gasteiger partial charge in [-0.15, -0.1) is 0 Å². The molecule has 4 nitrogen and oxygen atoms in total. The molecule has 0 aliphatic carbocycles. The molecule has 0 aromatic carbocycles. The van der Waals surface area contributed by atoms with Gasteiger partial charge in [0.1, 0.15) is 0 Å². The third-order valence-electron chi connectivity index (χ3n) is 2.62. The van der Waals surface area contributed by atoms with Gasteiger partial charge in [-0.2, -0.15) is 13.2 Å². The minimum atomic E-state index is -4.22. The number of carbonyl (C=O) groups is 1. The number of nitrogens with zero attached hydrogens (tertiary/aromatic N) is 1. The van der Waals surface area contributed by atoms with Crippen LogP contribution in [0.2, 0.25) is 0 Å². The quantitative estimate of drug-likeness (QED) is 0.816. The van der Waals surface area contributed by atoms with Crippen molar-refractivity contribution < 1.29 is 22.7 Å². The second kappa shape index (κ2) is 5.57. The highest BCUT2D eigenvalue weighted by atomic mass is 19.4. The summed E-state index contributed by atoms with van der Waals surface area (Å²) in [5.74, 6) is -0.636. The van der Waals surface area contributed by atoms with Crippen molar-refractivity contribution in [1.29, 1.82) is 0 Å². The van der Waals surface area contributed by atoms with Crippen LogP contribution in [0.1, 0.15) is 19.8 Å². The average Bonchev–Trinajstić information content (AvgIpc) is 2.14. The van der Waals surface area contributed by atoms with E-state index in [0.29, 0.717) is 0 Å². The topological polar surface area (TPSA) is 55.6 Å². The minimum Gasteiger partial charge on any atom is -0.450 e. The molecule has 0 bridgehead atoms. The Morgan fingerprint density at radius 1 is 1.47 bits per heavy atom. The Morgan fingerprint density at radius 3 is 2.65 bits per heavy atom. The van der Waals surface area contributed by atoms with E-state index in [9.17, 15) is 18.0 Å². The molecule has 1 saturated heterocycles.